The number of rotatable bonds is 8. The van der Waals surface area contributed by atoms with Gasteiger partial charge in [0.25, 0.3) is 0 Å². The molecule has 3 rings (SSSR count). The molecule has 0 fully saturated rings. The molecule has 0 radical (unpaired) electrons. The summed E-state index contributed by atoms with van der Waals surface area (Å²) in [6.45, 7) is 3.31. The van der Waals surface area contributed by atoms with Crippen molar-refractivity contribution < 1.29 is 24.0 Å². The van der Waals surface area contributed by atoms with E-state index in [0.717, 1.165) is 10.4 Å². The van der Waals surface area contributed by atoms with Crippen molar-refractivity contribution in [1.29, 1.82) is 0 Å². The third-order valence-electron chi connectivity index (χ3n) is 5.07. The van der Waals surface area contributed by atoms with E-state index >= 15 is 0 Å². The van der Waals surface area contributed by atoms with Gasteiger partial charge in [-0.2, -0.15) is 0 Å². The molecule has 30 heavy (non-hydrogen) atoms. The van der Waals surface area contributed by atoms with E-state index in [2.05, 4.69) is 4.72 Å². The second kappa shape index (κ2) is 8.91. The summed E-state index contributed by atoms with van der Waals surface area (Å²) in [4.78, 5) is 24.0. The maximum atomic E-state index is 13.0. The predicted octanol–water partition coefficient (Wildman–Crippen LogP) is 4.37. The number of benzene rings is 2. The largest absolute Gasteiger partial charge is 0.480 e. The predicted molar refractivity (Wildman–Crippen MR) is 117 cm³/mol. The topological polar surface area (TPSA) is 104 Å². The van der Waals surface area contributed by atoms with Gasteiger partial charge in [0.05, 0.1) is 5.56 Å². The first-order chi connectivity index (χ1) is 14.2. The molecule has 3 atom stereocenters. The van der Waals surface area contributed by atoms with Crippen molar-refractivity contribution in [3.8, 4) is 10.4 Å². The average Bonchev–Trinajstić information content (AvgIpc) is 3.24. The summed E-state index contributed by atoms with van der Waals surface area (Å²) in [7, 11) is -1.76. The average molecular weight is 444 g/mol. The van der Waals surface area contributed by atoms with Crippen LogP contribution in [-0.4, -0.2) is 31.9 Å². The van der Waals surface area contributed by atoms with Crippen molar-refractivity contribution in [2.45, 2.75) is 29.5 Å². The molecule has 0 amide bonds. The normalized spacial score (nSPS) is 15.1. The van der Waals surface area contributed by atoms with Crippen molar-refractivity contribution in [3.05, 3.63) is 77.9 Å². The Morgan fingerprint density at radius 3 is 2.37 bits per heavy atom. The van der Waals surface area contributed by atoms with E-state index < -0.39 is 34.4 Å². The van der Waals surface area contributed by atoms with Crippen LogP contribution in [0.15, 0.2) is 70.9 Å². The minimum Gasteiger partial charge on any atom is -0.480 e. The number of hydrogen-bond donors (Lipinski definition) is 3. The second-order valence-electron chi connectivity index (χ2n) is 7.02. The van der Waals surface area contributed by atoms with Gasteiger partial charge in [-0.05, 0) is 42.3 Å². The number of thiophene rings is 1. The molecule has 0 saturated heterocycles. The molecule has 156 valence electrons. The van der Waals surface area contributed by atoms with Crippen molar-refractivity contribution >= 4 is 34.3 Å². The fraction of sp³-hybridized carbons (Fsp3) is 0.182. The molecule has 2 unspecified atom stereocenters. The Labute approximate surface area is 180 Å². The van der Waals surface area contributed by atoms with Gasteiger partial charge in [0.15, 0.2) is 0 Å². The molecule has 6 nitrogen and oxygen atoms in total. The minimum atomic E-state index is -1.76. The molecule has 0 spiro atoms. The van der Waals surface area contributed by atoms with E-state index in [0.29, 0.717) is 9.77 Å². The summed E-state index contributed by atoms with van der Waals surface area (Å²) >= 11 is 1.23. The molecular weight excluding hydrogens is 422 g/mol. The van der Waals surface area contributed by atoms with Crippen LogP contribution in [0.4, 0.5) is 0 Å². The van der Waals surface area contributed by atoms with E-state index in [1.54, 1.807) is 37.3 Å². The summed E-state index contributed by atoms with van der Waals surface area (Å²) in [6.07, 6.45) is 0. The van der Waals surface area contributed by atoms with Crippen LogP contribution in [0.25, 0.3) is 10.4 Å². The zero-order valence-electron chi connectivity index (χ0n) is 16.4. The number of carbonyl (C=O) groups is 2. The van der Waals surface area contributed by atoms with Gasteiger partial charge < -0.3 is 10.2 Å². The lowest BCUT2D eigenvalue weighted by molar-refractivity contribution is -0.144. The van der Waals surface area contributed by atoms with Crippen LogP contribution < -0.4 is 4.72 Å². The number of carboxylic acids is 2. The van der Waals surface area contributed by atoms with Crippen LogP contribution in [0.2, 0.25) is 0 Å². The molecule has 0 aliphatic heterocycles. The summed E-state index contributed by atoms with van der Waals surface area (Å²) in [5.74, 6) is -2.56. The zero-order valence-corrected chi connectivity index (χ0v) is 18.0. The lowest BCUT2D eigenvalue weighted by atomic mass is 9.83. The number of hydrogen-bond acceptors (Lipinski definition) is 4. The molecule has 1 aromatic heterocycles. The van der Waals surface area contributed by atoms with Gasteiger partial charge in [-0.25, -0.2) is 13.7 Å². The summed E-state index contributed by atoms with van der Waals surface area (Å²) < 4.78 is 16.2. The molecule has 3 N–H and O–H groups in total. The lowest BCUT2D eigenvalue weighted by Crippen LogP contribution is -2.53. The van der Waals surface area contributed by atoms with Crippen molar-refractivity contribution in [3.63, 3.8) is 0 Å². The molecule has 1 heterocycles. The Morgan fingerprint density at radius 2 is 1.73 bits per heavy atom. The molecule has 0 bridgehead atoms. The van der Waals surface area contributed by atoms with Gasteiger partial charge in [0.1, 0.15) is 20.7 Å². The monoisotopic (exact) mass is 443 g/mol. The van der Waals surface area contributed by atoms with Gasteiger partial charge >= 0.3 is 11.9 Å². The van der Waals surface area contributed by atoms with Crippen LogP contribution in [0.3, 0.4) is 0 Å². The van der Waals surface area contributed by atoms with E-state index in [4.69, 9.17) is 5.11 Å². The number of aliphatic carboxylic acids is 1. The minimum absolute atomic E-state index is 0.164. The Kier molecular flexibility index (Phi) is 6.50. The SMILES string of the molecule is CC(c1ccccc1)[C@](C)(NS(=O)c1ccc(-c2cccc(C(=O)O)c2)s1)C(=O)O. The van der Waals surface area contributed by atoms with Crippen LogP contribution in [-0.2, 0) is 15.8 Å². The van der Waals surface area contributed by atoms with Gasteiger partial charge in [0.2, 0.25) is 0 Å². The van der Waals surface area contributed by atoms with E-state index in [1.807, 2.05) is 30.3 Å². The van der Waals surface area contributed by atoms with Gasteiger partial charge in [-0.3, -0.25) is 4.79 Å². The third kappa shape index (κ3) is 4.51. The van der Waals surface area contributed by atoms with Crippen molar-refractivity contribution in [2.24, 2.45) is 0 Å². The quantitative estimate of drug-likeness (QED) is 0.480. The summed E-state index contributed by atoms with van der Waals surface area (Å²) in [5.41, 5.74) is 0.224. The van der Waals surface area contributed by atoms with Gasteiger partial charge in [-0.1, -0.05) is 49.4 Å². The zero-order chi connectivity index (χ0) is 21.9. The Hall–Kier alpha value is -2.81. The molecule has 2 aromatic carbocycles. The number of carboxylic acid groups (broad SMARTS) is 2. The highest BCUT2D eigenvalue weighted by Gasteiger charge is 2.41. The Bertz CT molecular complexity index is 1100. The van der Waals surface area contributed by atoms with E-state index in [9.17, 15) is 18.9 Å². The number of aromatic carboxylic acids is 1. The maximum Gasteiger partial charge on any atom is 0.335 e. The fourth-order valence-electron chi connectivity index (χ4n) is 3.02. The van der Waals surface area contributed by atoms with Crippen LogP contribution in [0, 0.1) is 0 Å². The Balaban J connectivity index is 1.85. The van der Waals surface area contributed by atoms with E-state index in [-0.39, 0.29) is 5.56 Å². The van der Waals surface area contributed by atoms with E-state index in [1.165, 1.54) is 24.3 Å². The van der Waals surface area contributed by atoms with Crippen molar-refractivity contribution in [2.75, 3.05) is 0 Å². The molecule has 0 saturated carbocycles. The third-order valence-corrected chi connectivity index (χ3v) is 7.82. The highest BCUT2D eigenvalue weighted by molar-refractivity contribution is 7.85. The Morgan fingerprint density at radius 1 is 1.03 bits per heavy atom. The molecular formula is C22H21NO5S2. The van der Waals surface area contributed by atoms with Gasteiger partial charge in [-0.15, -0.1) is 11.3 Å². The van der Waals surface area contributed by atoms with Crippen LogP contribution in [0.5, 0.6) is 0 Å². The smallest absolute Gasteiger partial charge is 0.335 e. The van der Waals surface area contributed by atoms with Crippen LogP contribution >= 0.6 is 11.3 Å². The first-order valence-corrected chi connectivity index (χ1v) is 11.1. The van der Waals surface area contributed by atoms with Crippen molar-refractivity contribution in [1.82, 2.24) is 4.72 Å². The highest BCUT2D eigenvalue weighted by atomic mass is 32.2. The maximum absolute atomic E-state index is 13.0. The lowest BCUT2D eigenvalue weighted by Gasteiger charge is -2.32. The first-order valence-electron chi connectivity index (χ1n) is 9.14. The summed E-state index contributed by atoms with van der Waals surface area (Å²) in [5, 5.41) is 19.0. The molecule has 8 heteroatoms. The first kappa shape index (κ1) is 21.9. The highest BCUT2D eigenvalue weighted by Crippen LogP contribution is 2.33. The van der Waals surface area contributed by atoms with Crippen LogP contribution in [0.1, 0.15) is 35.7 Å². The number of nitrogens with one attached hydrogen (secondary N) is 1. The standard InChI is InChI=1S/C22H21NO5S2/c1-14(15-7-4-3-5-8-15)22(2,21(26)27)23-30(28)19-12-11-18(29-19)16-9-6-10-17(13-16)20(24)25/h3-14,23H,1-2H3,(H,24,25)(H,26,27)/t14?,22-,30?/m0/s1. The fourth-order valence-corrected chi connectivity index (χ4v) is 5.39. The summed E-state index contributed by atoms with van der Waals surface area (Å²) in [6, 6.07) is 19.1. The second-order valence-corrected chi connectivity index (χ2v) is 9.54. The molecule has 0 aliphatic rings. The molecule has 3 aromatic rings. The van der Waals surface area contributed by atoms with Gasteiger partial charge in [0, 0.05) is 10.8 Å². The molecule has 0 aliphatic carbocycles.